The number of likely N-dealkylation sites (tertiary alicyclic amines) is 1. The molecule has 0 unspecified atom stereocenters. The Labute approximate surface area is 200 Å². The van der Waals surface area contributed by atoms with Gasteiger partial charge in [-0.2, -0.15) is 0 Å². The summed E-state index contributed by atoms with van der Waals surface area (Å²) >= 11 is 0. The van der Waals surface area contributed by atoms with Crippen LogP contribution in [-0.4, -0.2) is 54.6 Å². The molecule has 0 bridgehead atoms. The maximum absolute atomic E-state index is 12.2. The molecular weight excluding hydrogens is 428 g/mol. The molecule has 7 nitrogen and oxygen atoms in total. The summed E-state index contributed by atoms with van der Waals surface area (Å²) in [6, 6.07) is 14.3. The normalized spacial score (nSPS) is 17.6. The minimum atomic E-state index is -0.391. The number of hydrogen-bond donors (Lipinski definition) is 1. The molecule has 0 saturated carbocycles. The van der Waals surface area contributed by atoms with Crippen LogP contribution in [0.1, 0.15) is 47.6 Å². The second kappa shape index (κ2) is 9.50. The fourth-order valence-corrected chi connectivity index (χ4v) is 5.37. The number of fused-ring (bicyclic) bond motifs is 1. The molecule has 0 aliphatic carbocycles. The smallest absolute Gasteiger partial charge is 0.248 e. The molecule has 0 atom stereocenters. The summed E-state index contributed by atoms with van der Waals surface area (Å²) < 4.78 is 7.91. The molecule has 178 valence electrons. The van der Waals surface area contributed by atoms with Crippen LogP contribution in [0, 0.1) is 0 Å². The highest BCUT2D eigenvalue weighted by Crippen LogP contribution is 2.31. The molecule has 3 heterocycles. The molecule has 2 aliphatic rings. The van der Waals surface area contributed by atoms with E-state index in [0.29, 0.717) is 18.0 Å². The number of benzene rings is 2. The minimum absolute atomic E-state index is 0.207. The van der Waals surface area contributed by atoms with Crippen molar-refractivity contribution < 1.29 is 14.3 Å². The number of methoxy groups -OCH3 is 1. The SMILES string of the molecule is COc1ccc(N2CCCC2=O)cc1CCN1CCC(n2ccc3ccc(C(N)=O)cc32)CC1. The number of rotatable bonds is 7. The molecule has 5 rings (SSSR count). The van der Waals surface area contributed by atoms with Crippen LogP contribution in [0.4, 0.5) is 5.69 Å². The molecule has 3 aromatic rings. The van der Waals surface area contributed by atoms with Crippen molar-refractivity contribution in [3.63, 3.8) is 0 Å². The summed E-state index contributed by atoms with van der Waals surface area (Å²) in [6.45, 7) is 3.80. The first kappa shape index (κ1) is 22.5. The third-order valence-electron chi connectivity index (χ3n) is 7.30. The number of carbonyl (C=O) groups is 2. The molecule has 0 radical (unpaired) electrons. The third-order valence-corrected chi connectivity index (χ3v) is 7.30. The lowest BCUT2D eigenvalue weighted by atomic mass is 10.0. The van der Waals surface area contributed by atoms with Crippen LogP contribution in [-0.2, 0) is 11.2 Å². The van der Waals surface area contributed by atoms with Gasteiger partial charge in [0.15, 0.2) is 0 Å². The predicted octanol–water partition coefficient (Wildman–Crippen LogP) is 3.76. The van der Waals surface area contributed by atoms with Crippen molar-refractivity contribution in [2.75, 3.05) is 38.2 Å². The van der Waals surface area contributed by atoms with E-state index in [9.17, 15) is 9.59 Å². The molecule has 7 heteroatoms. The minimum Gasteiger partial charge on any atom is -0.496 e. The van der Waals surface area contributed by atoms with Crippen LogP contribution in [0.2, 0.25) is 0 Å². The van der Waals surface area contributed by atoms with Crippen LogP contribution in [0.15, 0.2) is 48.7 Å². The molecule has 2 saturated heterocycles. The van der Waals surface area contributed by atoms with Gasteiger partial charge in [-0.1, -0.05) is 6.07 Å². The summed E-state index contributed by atoms with van der Waals surface area (Å²) in [5, 5.41) is 1.14. The average molecular weight is 461 g/mol. The number of ether oxygens (including phenoxy) is 1. The van der Waals surface area contributed by atoms with Gasteiger partial charge >= 0.3 is 0 Å². The molecule has 2 aromatic carbocycles. The topological polar surface area (TPSA) is 80.8 Å². The molecular formula is C27H32N4O3. The van der Waals surface area contributed by atoms with E-state index in [2.05, 4.69) is 27.8 Å². The zero-order valence-corrected chi connectivity index (χ0v) is 19.7. The van der Waals surface area contributed by atoms with E-state index >= 15 is 0 Å². The standard InChI is InChI=1S/C27H32N4O3/c1-34-25-7-6-23(31-12-2-3-26(31)32)17-20(25)8-13-29-14-10-22(11-15-29)30-16-9-19-4-5-21(27(28)33)18-24(19)30/h4-7,9,16-18,22H,2-3,8,10-15H2,1H3,(H2,28,33). The van der Waals surface area contributed by atoms with E-state index in [1.165, 1.54) is 0 Å². The second-order valence-electron chi connectivity index (χ2n) is 9.33. The average Bonchev–Trinajstić information content (AvgIpc) is 3.48. The fraction of sp³-hybridized carbons (Fsp3) is 0.407. The van der Waals surface area contributed by atoms with Gasteiger partial charge in [0.05, 0.1) is 7.11 Å². The number of carbonyl (C=O) groups excluding carboxylic acids is 2. The predicted molar refractivity (Wildman–Crippen MR) is 133 cm³/mol. The molecule has 34 heavy (non-hydrogen) atoms. The van der Waals surface area contributed by atoms with Crippen LogP contribution < -0.4 is 15.4 Å². The van der Waals surface area contributed by atoms with Crippen molar-refractivity contribution in [2.24, 2.45) is 5.73 Å². The number of amides is 2. The van der Waals surface area contributed by atoms with Crippen LogP contribution >= 0.6 is 0 Å². The van der Waals surface area contributed by atoms with Gasteiger partial charge in [-0.3, -0.25) is 9.59 Å². The molecule has 2 fully saturated rings. The zero-order valence-electron chi connectivity index (χ0n) is 19.7. The Bertz CT molecular complexity index is 1210. The van der Waals surface area contributed by atoms with Gasteiger partial charge in [-0.15, -0.1) is 0 Å². The highest BCUT2D eigenvalue weighted by atomic mass is 16.5. The number of nitrogens with two attached hydrogens (primary N) is 1. The largest absolute Gasteiger partial charge is 0.496 e. The van der Waals surface area contributed by atoms with Gasteiger partial charge in [0, 0.05) is 61.6 Å². The lowest BCUT2D eigenvalue weighted by Crippen LogP contribution is -2.36. The Hall–Kier alpha value is -3.32. The first-order valence-electron chi connectivity index (χ1n) is 12.1. The third kappa shape index (κ3) is 4.40. The number of anilines is 1. The summed E-state index contributed by atoms with van der Waals surface area (Å²) in [5.41, 5.74) is 9.25. The number of aromatic nitrogens is 1. The van der Waals surface area contributed by atoms with Gasteiger partial charge in [0.2, 0.25) is 11.8 Å². The van der Waals surface area contributed by atoms with Gasteiger partial charge in [-0.25, -0.2) is 0 Å². The Morgan fingerprint density at radius 1 is 1.09 bits per heavy atom. The van der Waals surface area contributed by atoms with Crippen molar-refractivity contribution in [3.8, 4) is 5.75 Å². The van der Waals surface area contributed by atoms with Crippen LogP contribution in [0.25, 0.3) is 10.9 Å². The van der Waals surface area contributed by atoms with Crippen LogP contribution in [0.5, 0.6) is 5.75 Å². The van der Waals surface area contributed by atoms with Gasteiger partial charge in [0.1, 0.15) is 5.75 Å². The van der Waals surface area contributed by atoms with Crippen molar-refractivity contribution in [3.05, 3.63) is 59.8 Å². The number of nitrogens with zero attached hydrogens (tertiary/aromatic N) is 3. The van der Waals surface area contributed by atoms with E-state index < -0.39 is 5.91 Å². The Morgan fingerprint density at radius 3 is 2.62 bits per heavy atom. The summed E-state index contributed by atoms with van der Waals surface area (Å²) in [5.74, 6) is 0.700. The first-order valence-corrected chi connectivity index (χ1v) is 12.1. The van der Waals surface area contributed by atoms with Gasteiger partial charge in [-0.05, 0) is 73.0 Å². The van der Waals surface area contributed by atoms with Crippen molar-refractivity contribution in [2.45, 2.75) is 38.1 Å². The highest BCUT2D eigenvalue weighted by molar-refractivity contribution is 5.97. The second-order valence-corrected chi connectivity index (χ2v) is 9.33. The summed E-state index contributed by atoms with van der Waals surface area (Å²) in [7, 11) is 1.70. The van der Waals surface area contributed by atoms with Crippen molar-refractivity contribution in [1.29, 1.82) is 0 Å². The maximum atomic E-state index is 12.2. The van der Waals surface area contributed by atoms with Gasteiger partial charge in [0.25, 0.3) is 0 Å². The number of piperidine rings is 1. The number of hydrogen-bond acceptors (Lipinski definition) is 4. The van der Waals surface area contributed by atoms with E-state index in [-0.39, 0.29) is 5.91 Å². The highest BCUT2D eigenvalue weighted by Gasteiger charge is 2.24. The first-order chi connectivity index (χ1) is 16.5. The van der Waals surface area contributed by atoms with Crippen molar-refractivity contribution >= 4 is 28.4 Å². The summed E-state index contributed by atoms with van der Waals surface area (Å²) in [4.78, 5) is 28.2. The Kier molecular flexibility index (Phi) is 6.28. The van der Waals surface area contributed by atoms with E-state index in [0.717, 1.165) is 79.8 Å². The molecule has 2 N–H and O–H groups in total. The van der Waals surface area contributed by atoms with E-state index in [1.54, 1.807) is 13.2 Å². The lowest BCUT2D eigenvalue weighted by molar-refractivity contribution is -0.117. The Morgan fingerprint density at radius 2 is 1.91 bits per heavy atom. The van der Waals surface area contributed by atoms with Crippen LogP contribution in [0.3, 0.4) is 0 Å². The van der Waals surface area contributed by atoms with E-state index in [4.69, 9.17) is 10.5 Å². The zero-order chi connectivity index (χ0) is 23.7. The molecule has 2 amide bonds. The lowest BCUT2D eigenvalue weighted by Gasteiger charge is -2.33. The molecule has 0 spiro atoms. The van der Waals surface area contributed by atoms with E-state index in [1.807, 2.05) is 29.2 Å². The monoisotopic (exact) mass is 460 g/mol. The maximum Gasteiger partial charge on any atom is 0.248 e. The molecule has 2 aliphatic heterocycles. The quantitative estimate of drug-likeness (QED) is 0.582. The van der Waals surface area contributed by atoms with Crippen molar-refractivity contribution in [1.82, 2.24) is 9.47 Å². The summed E-state index contributed by atoms with van der Waals surface area (Å²) in [6.07, 6.45) is 6.70. The number of primary amides is 1. The fourth-order valence-electron chi connectivity index (χ4n) is 5.37. The molecule has 1 aromatic heterocycles. The van der Waals surface area contributed by atoms with Gasteiger partial charge < -0.3 is 24.8 Å². The Balaban J connectivity index is 1.23.